The molecule has 16 heavy (non-hydrogen) atoms. The van der Waals surface area contributed by atoms with Crippen molar-refractivity contribution in [3.8, 4) is 0 Å². The molecular weight excluding hydrogens is 242 g/mol. The van der Waals surface area contributed by atoms with Crippen molar-refractivity contribution in [2.24, 2.45) is 0 Å². The second kappa shape index (κ2) is 5.46. The summed E-state index contributed by atoms with van der Waals surface area (Å²) in [5, 5.41) is 6.71. The summed E-state index contributed by atoms with van der Waals surface area (Å²) in [6, 6.07) is 2.05. The normalized spacial score (nSPS) is 12.9. The van der Waals surface area contributed by atoms with Crippen LogP contribution >= 0.6 is 22.9 Å². The zero-order valence-corrected chi connectivity index (χ0v) is 10.7. The number of nitrogens with zero attached hydrogens (tertiary/aromatic N) is 2. The summed E-state index contributed by atoms with van der Waals surface area (Å²) in [4.78, 5) is 9.48. The van der Waals surface area contributed by atoms with Gasteiger partial charge in [-0.3, -0.25) is 0 Å². The predicted molar refractivity (Wildman–Crippen MR) is 70.5 cm³/mol. The summed E-state index contributed by atoms with van der Waals surface area (Å²) >= 11 is 7.52. The Bertz CT molecular complexity index is 455. The Hall–Kier alpha value is -0.870. The predicted octanol–water partition coefficient (Wildman–Crippen LogP) is 3.51. The van der Waals surface area contributed by atoms with E-state index in [-0.39, 0.29) is 5.38 Å². The molecule has 0 aliphatic carbocycles. The van der Waals surface area contributed by atoms with E-state index in [2.05, 4.69) is 15.3 Å². The molecule has 0 aliphatic rings. The van der Waals surface area contributed by atoms with Crippen molar-refractivity contribution in [3.05, 3.63) is 17.8 Å². The fraction of sp³-hybridized carbons (Fsp3) is 0.455. The summed E-state index contributed by atoms with van der Waals surface area (Å²) in [5.74, 6) is 0.925. The van der Waals surface area contributed by atoms with E-state index in [0.29, 0.717) is 0 Å². The van der Waals surface area contributed by atoms with Crippen LogP contribution in [0.1, 0.15) is 19.8 Å². The highest BCUT2D eigenvalue weighted by Crippen LogP contribution is 2.23. The molecule has 2 aromatic rings. The molecule has 0 aromatic carbocycles. The van der Waals surface area contributed by atoms with E-state index in [1.54, 1.807) is 17.7 Å². The summed E-state index contributed by atoms with van der Waals surface area (Å²) in [7, 11) is 0. The third-order valence-corrected chi connectivity index (χ3v) is 3.37. The molecule has 1 N–H and O–H groups in total. The summed E-state index contributed by atoms with van der Waals surface area (Å²) in [6.07, 6.45) is 3.68. The van der Waals surface area contributed by atoms with Gasteiger partial charge in [0.15, 0.2) is 0 Å². The number of rotatable bonds is 5. The lowest BCUT2D eigenvalue weighted by Crippen LogP contribution is -2.05. The molecule has 0 fully saturated rings. The first kappa shape index (κ1) is 11.6. The average Bonchev–Trinajstić information content (AvgIpc) is 2.72. The fourth-order valence-electron chi connectivity index (χ4n) is 1.52. The van der Waals surface area contributed by atoms with E-state index < -0.39 is 0 Å². The molecule has 0 amide bonds. The van der Waals surface area contributed by atoms with E-state index in [1.807, 2.05) is 18.4 Å². The Kier molecular flexibility index (Phi) is 3.96. The lowest BCUT2D eigenvalue weighted by atomic mass is 10.2. The average molecular weight is 256 g/mol. The van der Waals surface area contributed by atoms with E-state index >= 15 is 0 Å². The Balaban J connectivity index is 1.96. The van der Waals surface area contributed by atoms with E-state index in [9.17, 15) is 0 Å². The van der Waals surface area contributed by atoms with Crippen molar-refractivity contribution in [1.29, 1.82) is 0 Å². The van der Waals surface area contributed by atoms with Crippen LogP contribution in [0.25, 0.3) is 10.2 Å². The number of hydrogen-bond acceptors (Lipinski definition) is 4. The molecule has 0 saturated heterocycles. The van der Waals surface area contributed by atoms with Crippen LogP contribution in [0.5, 0.6) is 0 Å². The number of nitrogens with one attached hydrogen (secondary N) is 1. The molecule has 86 valence electrons. The Morgan fingerprint density at radius 2 is 2.38 bits per heavy atom. The summed E-state index contributed by atoms with van der Waals surface area (Å²) in [6.45, 7) is 2.92. The number of fused-ring (bicyclic) bond motifs is 1. The van der Waals surface area contributed by atoms with Crippen LogP contribution < -0.4 is 5.32 Å². The van der Waals surface area contributed by atoms with Gasteiger partial charge in [0, 0.05) is 11.9 Å². The summed E-state index contributed by atoms with van der Waals surface area (Å²) < 4.78 is 0. The van der Waals surface area contributed by atoms with Gasteiger partial charge in [0.05, 0.1) is 5.39 Å². The lowest BCUT2D eigenvalue weighted by Gasteiger charge is -2.06. The first-order valence-electron chi connectivity index (χ1n) is 5.33. The zero-order chi connectivity index (χ0) is 11.4. The van der Waals surface area contributed by atoms with Gasteiger partial charge in [-0.1, -0.05) is 0 Å². The van der Waals surface area contributed by atoms with Crippen molar-refractivity contribution in [2.45, 2.75) is 25.1 Å². The van der Waals surface area contributed by atoms with Crippen molar-refractivity contribution in [3.63, 3.8) is 0 Å². The molecule has 0 bridgehead atoms. The van der Waals surface area contributed by atoms with Crippen LogP contribution in [0.3, 0.4) is 0 Å². The lowest BCUT2D eigenvalue weighted by molar-refractivity contribution is 0.749. The third kappa shape index (κ3) is 2.83. The minimum absolute atomic E-state index is 0.244. The van der Waals surface area contributed by atoms with Crippen LogP contribution in [0, 0.1) is 0 Å². The van der Waals surface area contributed by atoms with Gasteiger partial charge in [0.25, 0.3) is 0 Å². The smallest absolute Gasteiger partial charge is 0.138 e. The van der Waals surface area contributed by atoms with Crippen LogP contribution in [0.2, 0.25) is 0 Å². The Morgan fingerprint density at radius 1 is 1.50 bits per heavy atom. The molecular formula is C11H14ClN3S. The maximum atomic E-state index is 5.89. The van der Waals surface area contributed by atoms with Crippen LogP contribution in [0.15, 0.2) is 17.8 Å². The fourth-order valence-corrected chi connectivity index (χ4v) is 2.41. The molecule has 0 radical (unpaired) electrons. The zero-order valence-electron chi connectivity index (χ0n) is 9.11. The van der Waals surface area contributed by atoms with Gasteiger partial charge >= 0.3 is 0 Å². The highest BCUT2D eigenvalue weighted by molar-refractivity contribution is 7.16. The molecule has 5 heteroatoms. The molecule has 1 unspecified atom stereocenters. The highest BCUT2D eigenvalue weighted by Gasteiger charge is 2.03. The first-order valence-corrected chi connectivity index (χ1v) is 6.65. The van der Waals surface area contributed by atoms with E-state index in [1.165, 1.54) is 0 Å². The van der Waals surface area contributed by atoms with Crippen LogP contribution in [-0.4, -0.2) is 21.9 Å². The van der Waals surface area contributed by atoms with Gasteiger partial charge in [-0.25, -0.2) is 9.97 Å². The Morgan fingerprint density at radius 3 is 3.19 bits per heavy atom. The van der Waals surface area contributed by atoms with Crippen molar-refractivity contribution >= 4 is 39.0 Å². The van der Waals surface area contributed by atoms with Gasteiger partial charge in [0.2, 0.25) is 0 Å². The molecule has 0 spiro atoms. The molecule has 2 rings (SSSR count). The molecule has 0 aliphatic heterocycles. The minimum Gasteiger partial charge on any atom is -0.369 e. The number of hydrogen-bond donors (Lipinski definition) is 1. The van der Waals surface area contributed by atoms with Gasteiger partial charge in [-0.15, -0.1) is 22.9 Å². The number of thiophene rings is 1. The maximum absolute atomic E-state index is 5.89. The monoisotopic (exact) mass is 255 g/mol. The van der Waals surface area contributed by atoms with Gasteiger partial charge in [-0.2, -0.15) is 0 Å². The molecule has 0 saturated carbocycles. The van der Waals surface area contributed by atoms with Gasteiger partial charge in [-0.05, 0) is 31.2 Å². The van der Waals surface area contributed by atoms with Crippen molar-refractivity contribution < 1.29 is 0 Å². The van der Waals surface area contributed by atoms with E-state index in [4.69, 9.17) is 11.6 Å². The van der Waals surface area contributed by atoms with Crippen molar-refractivity contribution in [2.75, 3.05) is 11.9 Å². The number of aromatic nitrogens is 2. The first-order chi connectivity index (χ1) is 7.77. The number of halogens is 1. The van der Waals surface area contributed by atoms with Gasteiger partial charge in [0.1, 0.15) is 17.0 Å². The number of anilines is 1. The topological polar surface area (TPSA) is 37.8 Å². The standard InChI is InChI=1S/C11H14ClN3S/c1-8(12)3-2-5-13-10-9-4-6-16-11(9)15-7-14-10/h4,6-8H,2-3,5H2,1H3,(H,13,14,15). The number of alkyl halides is 1. The largest absolute Gasteiger partial charge is 0.369 e. The Labute approximate surface area is 104 Å². The SMILES string of the molecule is CC(Cl)CCCNc1ncnc2sccc12. The molecule has 2 aromatic heterocycles. The third-order valence-electron chi connectivity index (χ3n) is 2.33. The maximum Gasteiger partial charge on any atom is 0.138 e. The molecule has 2 heterocycles. The second-order valence-corrected chi connectivity index (χ2v) is 5.35. The summed E-state index contributed by atoms with van der Waals surface area (Å²) in [5.41, 5.74) is 0. The molecule has 3 nitrogen and oxygen atoms in total. The highest BCUT2D eigenvalue weighted by atomic mass is 35.5. The quantitative estimate of drug-likeness (QED) is 0.656. The second-order valence-electron chi connectivity index (χ2n) is 3.71. The van der Waals surface area contributed by atoms with Crippen molar-refractivity contribution in [1.82, 2.24) is 9.97 Å². The van der Waals surface area contributed by atoms with Crippen LogP contribution in [-0.2, 0) is 0 Å². The van der Waals surface area contributed by atoms with E-state index in [0.717, 1.165) is 35.4 Å². The molecule has 1 atom stereocenters. The van der Waals surface area contributed by atoms with Gasteiger partial charge < -0.3 is 5.32 Å². The van der Waals surface area contributed by atoms with Crippen LogP contribution in [0.4, 0.5) is 5.82 Å². The minimum atomic E-state index is 0.244.